The molecule has 0 aliphatic heterocycles. The van der Waals surface area contributed by atoms with Crippen LogP contribution in [0, 0.1) is 0 Å². The molecule has 18 rings (SSSR count). The van der Waals surface area contributed by atoms with E-state index in [9.17, 15) is 0 Å². The molecule has 15 aromatic rings. The molecule has 0 N–H and O–H groups in total. The number of thiophene rings is 2. The Labute approximate surface area is 539 Å². The van der Waals surface area contributed by atoms with Crippen molar-refractivity contribution in [3.63, 3.8) is 0 Å². The Bertz CT molecular complexity index is 5420. The van der Waals surface area contributed by atoms with E-state index in [0.717, 1.165) is 34.9 Å². The summed E-state index contributed by atoms with van der Waals surface area (Å²) in [5.74, 6) is 0. The molecule has 0 amide bonds. The molecular formula is C87H62N2S2. The van der Waals surface area contributed by atoms with Crippen LogP contribution in [0.1, 0.15) is 66.1 Å². The summed E-state index contributed by atoms with van der Waals surface area (Å²) in [4.78, 5) is 4.95. The van der Waals surface area contributed by atoms with Crippen molar-refractivity contribution >= 4 is 102 Å². The van der Waals surface area contributed by atoms with Gasteiger partial charge in [0.2, 0.25) is 0 Å². The van der Waals surface area contributed by atoms with E-state index in [1.165, 1.54) is 129 Å². The molecule has 0 saturated heterocycles. The van der Waals surface area contributed by atoms with E-state index in [1.807, 2.05) is 22.7 Å². The molecule has 0 radical (unpaired) electrons. The fraction of sp³-hybridized carbons (Fsp3) is 0.0805. The fourth-order valence-corrected chi connectivity index (χ4v) is 18.1. The second-order valence-electron chi connectivity index (χ2n) is 25.7. The maximum absolute atomic E-state index is 2.50. The van der Waals surface area contributed by atoms with Crippen LogP contribution in [0.2, 0.25) is 0 Å². The van der Waals surface area contributed by atoms with Crippen molar-refractivity contribution < 1.29 is 0 Å². The van der Waals surface area contributed by atoms with Crippen LogP contribution in [0.15, 0.2) is 315 Å². The number of benzene rings is 13. The summed E-state index contributed by atoms with van der Waals surface area (Å²) in [7, 11) is 0. The third-order valence-corrected chi connectivity index (χ3v) is 22.8. The van der Waals surface area contributed by atoms with Crippen molar-refractivity contribution in [3.8, 4) is 33.4 Å². The van der Waals surface area contributed by atoms with E-state index < -0.39 is 0 Å². The van der Waals surface area contributed by atoms with Gasteiger partial charge in [-0.15, -0.1) is 22.7 Å². The second-order valence-corrected chi connectivity index (χ2v) is 27.8. The Kier molecular flexibility index (Phi) is 12.1. The first-order chi connectivity index (χ1) is 44.7. The van der Waals surface area contributed by atoms with E-state index in [4.69, 9.17) is 0 Å². The van der Waals surface area contributed by atoms with Gasteiger partial charge < -0.3 is 9.80 Å². The Morgan fingerprint density at radius 1 is 0.308 bits per heavy atom. The smallest absolute Gasteiger partial charge is 0.0476 e. The summed E-state index contributed by atoms with van der Waals surface area (Å²) in [5, 5.41) is 7.67. The zero-order chi connectivity index (χ0) is 60.6. The molecule has 0 saturated carbocycles. The van der Waals surface area contributed by atoms with Crippen LogP contribution < -0.4 is 9.80 Å². The molecule has 91 heavy (non-hydrogen) atoms. The van der Waals surface area contributed by atoms with Gasteiger partial charge in [-0.2, -0.15) is 0 Å². The third-order valence-electron chi connectivity index (χ3n) is 20.6. The van der Waals surface area contributed by atoms with Gasteiger partial charge in [-0.1, -0.05) is 225 Å². The SMILES string of the molecule is CC1(c2ccccc2)C=CC(N(c2cccc(C3(C)c4ccccc4-c4ccccc43)c2)c2ccc3c(c2)sc2cc4cc5sc6cc(N(c7ccc(-c8ccccc8)cc7)c7cccc(C8(C)c9ccccc9-c9ccccc98)c7)ccc6c5cc4cc23)=CC1. The van der Waals surface area contributed by atoms with Crippen LogP contribution in [0.4, 0.5) is 28.4 Å². The normalized spacial score (nSPS) is 15.8. The molecule has 0 fully saturated rings. The van der Waals surface area contributed by atoms with E-state index in [0.29, 0.717) is 0 Å². The molecule has 0 bridgehead atoms. The summed E-state index contributed by atoms with van der Waals surface area (Å²) in [6.45, 7) is 7.18. The molecule has 13 aromatic carbocycles. The van der Waals surface area contributed by atoms with Crippen LogP contribution in [0.25, 0.3) is 84.5 Å². The van der Waals surface area contributed by atoms with E-state index in [2.05, 4.69) is 340 Å². The minimum atomic E-state index is -0.324. The van der Waals surface area contributed by atoms with Crippen LogP contribution in [-0.4, -0.2) is 0 Å². The Morgan fingerprint density at radius 2 is 0.703 bits per heavy atom. The molecule has 432 valence electrons. The minimum Gasteiger partial charge on any atom is -0.311 e. The molecule has 1 unspecified atom stereocenters. The largest absolute Gasteiger partial charge is 0.311 e. The highest BCUT2D eigenvalue weighted by molar-refractivity contribution is 7.26. The zero-order valence-corrected chi connectivity index (χ0v) is 52.5. The number of hydrogen-bond donors (Lipinski definition) is 0. The van der Waals surface area contributed by atoms with Gasteiger partial charge in [0.25, 0.3) is 0 Å². The highest BCUT2D eigenvalue weighted by Crippen LogP contribution is 2.56. The third kappa shape index (κ3) is 8.36. The summed E-state index contributed by atoms with van der Waals surface area (Å²) in [5.41, 5.74) is 23.1. The van der Waals surface area contributed by atoms with Gasteiger partial charge in [0.05, 0.1) is 0 Å². The molecule has 2 heterocycles. The number of fused-ring (bicyclic) bond motifs is 13. The Balaban J connectivity index is 0.725. The average molecular weight is 1200 g/mol. The highest BCUT2D eigenvalue weighted by Gasteiger charge is 2.42. The van der Waals surface area contributed by atoms with E-state index in [1.54, 1.807) is 0 Å². The van der Waals surface area contributed by atoms with Gasteiger partial charge in [-0.25, -0.2) is 0 Å². The minimum absolute atomic E-state index is 0.105. The topological polar surface area (TPSA) is 6.48 Å². The van der Waals surface area contributed by atoms with Crippen molar-refractivity contribution in [2.75, 3.05) is 9.80 Å². The Morgan fingerprint density at radius 3 is 1.20 bits per heavy atom. The molecule has 3 aliphatic rings. The van der Waals surface area contributed by atoms with Crippen molar-refractivity contribution in [2.24, 2.45) is 0 Å². The van der Waals surface area contributed by atoms with Crippen molar-refractivity contribution in [1.82, 2.24) is 0 Å². The predicted octanol–water partition coefficient (Wildman–Crippen LogP) is 24.3. The maximum Gasteiger partial charge on any atom is 0.0476 e. The van der Waals surface area contributed by atoms with Crippen LogP contribution in [0.3, 0.4) is 0 Å². The molecule has 1 atom stereocenters. The summed E-state index contributed by atoms with van der Waals surface area (Å²) < 4.78 is 5.14. The number of allylic oxidation sites excluding steroid dienone is 3. The van der Waals surface area contributed by atoms with Gasteiger partial charge >= 0.3 is 0 Å². The summed E-state index contributed by atoms with van der Waals surface area (Å²) in [6.07, 6.45) is 8.13. The first-order valence-electron chi connectivity index (χ1n) is 31.7. The summed E-state index contributed by atoms with van der Waals surface area (Å²) in [6, 6.07) is 109. The second kappa shape index (κ2) is 20.6. The quantitative estimate of drug-likeness (QED) is 0.135. The number of nitrogens with zero attached hydrogens (tertiary/aromatic N) is 2. The average Bonchev–Trinajstić information content (AvgIpc) is 1.60. The maximum atomic E-state index is 2.50. The molecule has 2 nitrogen and oxygen atoms in total. The first-order valence-corrected chi connectivity index (χ1v) is 33.4. The lowest BCUT2D eigenvalue weighted by atomic mass is 9.74. The molecule has 0 spiro atoms. The molecule has 2 aromatic heterocycles. The van der Waals surface area contributed by atoms with Crippen molar-refractivity contribution in [3.05, 3.63) is 354 Å². The van der Waals surface area contributed by atoms with Gasteiger partial charge in [0, 0.05) is 90.7 Å². The van der Waals surface area contributed by atoms with Crippen molar-refractivity contribution in [1.29, 1.82) is 0 Å². The van der Waals surface area contributed by atoms with E-state index in [-0.39, 0.29) is 16.2 Å². The van der Waals surface area contributed by atoms with Crippen LogP contribution in [-0.2, 0) is 16.2 Å². The predicted molar refractivity (Wildman–Crippen MR) is 389 cm³/mol. The van der Waals surface area contributed by atoms with Crippen LogP contribution in [0.5, 0.6) is 0 Å². The summed E-state index contributed by atoms with van der Waals surface area (Å²) >= 11 is 3.79. The lowest BCUT2D eigenvalue weighted by Gasteiger charge is -2.34. The van der Waals surface area contributed by atoms with Gasteiger partial charge in [-0.05, 0) is 194 Å². The van der Waals surface area contributed by atoms with E-state index >= 15 is 0 Å². The molecule has 4 heteroatoms. The number of anilines is 5. The fourth-order valence-electron chi connectivity index (χ4n) is 15.7. The van der Waals surface area contributed by atoms with Gasteiger partial charge in [0.1, 0.15) is 0 Å². The zero-order valence-electron chi connectivity index (χ0n) is 50.9. The lowest BCUT2D eigenvalue weighted by Crippen LogP contribution is -2.25. The lowest BCUT2D eigenvalue weighted by molar-refractivity contribution is 0.595. The highest BCUT2D eigenvalue weighted by atomic mass is 32.1. The molecular weight excluding hydrogens is 1140 g/mol. The van der Waals surface area contributed by atoms with Gasteiger partial charge in [-0.3, -0.25) is 0 Å². The first kappa shape index (κ1) is 53.6. The van der Waals surface area contributed by atoms with Gasteiger partial charge in [0.15, 0.2) is 0 Å². The van der Waals surface area contributed by atoms with Crippen molar-refractivity contribution in [2.45, 2.75) is 43.4 Å². The standard InChI is InChI=1S/C87H62N2S2/c1-85(60-22-8-5-9-23-60)46-44-64(45-47-85)89(66-27-19-25-62(53-66)87(3)79-34-16-12-30-71(79)72-31-13-17-35-80(72)87)68-41-43-74-76-49-58-48-75-73-42-40-67(54-83(73)90-81(75)50-59(58)51-82(76)91-84(74)55-68)88(63-38-36-57(37-39-63)56-20-6-4-7-21-56)65-26-18-24-61(52-65)86(2)77-32-14-10-28-69(77)70-29-11-15-33-78(70)86/h4-46,48-55H,47H2,1-3H3. The van der Waals surface area contributed by atoms with Crippen LogP contribution >= 0.6 is 22.7 Å². The molecule has 3 aliphatic carbocycles. The monoisotopic (exact) mass is 1200 g/mol. The Hall–Kier alpha value is -10.4. The number of rotatable bonds is 10. The number of hydrogen-bond acceptors (Lipinski definition) is 4.